The van der Waals surface area contributed by atoms with E-state index in [1.807, 2.05) is 18.2 Å². The van der Waals surface area contributed by atoms with E-state index in [1.54, 1.807) is 7.11 Å². The van der Waals surface area contributed by atoms with Crippen LogP contribution < -0.4 is 10.6 Å². The van der Waals surface area contributed by atoms with Crippen molar-refractivity contribution in [2.75, 3.05) is 33.3 Å². The van der Waals surface area contributed by atoms with Crippen LogP contribution in [-0.2, 0) is 22.7 Å². The zero-order chi connectivity index (χ0) is 15.1. The molecule has 1 saturated heterocycles. The molecule has 1 aromatic rings. The van der Waals surface area contributed by atoms with Crippen molar-refractivity contribution in [3.05, 3.63) is 35.4 Å². The average Bonchev–Trinajstić information content (AvgIpc) is 2.48. The molecule has 5 nitrogen and oxygen atoms in total. The van der Waals surface area contributed by atoms with Crippen LogP contribution in [0, 0.1) is 0 Å². The molecule has 0 saturated carbocycles. The van der Waals surface area contributed by atoms with E-state index in [0.717, 1.165) is 30.8 Å². The molecule has 2 rings (SSSR count). The Balaban J connectivity index is 1.79. The van der Waals surface area contributed by atoms with Crippen LogP contribution in [0.25, 0.3) is 0 Å². The molecule has 0 aromatic heterocycles. The normalized spacial score (nSPS) is 19.4. The predicted molar refractivity (Wildman–Crippen MR) is 82.9 cm³/mol. The van der Waals surface area contributed by atoms with Gasteiger partial charge in [0.1, 0.15) is 0 Å². The van der Waals surface area contributed by atoms with Crippen LogP contribution in [0.15, 0.2) is 24.3 Å². The molecular weight excluding hydrogens is 266 g/mol. The molecule has 1 aliphatic heterocycles. The number of rotatable bonds is 6. The maximum atomic E-state index is 12.0. The molecule has 0 bridgehead atoms. The van der Waals surface area contributed by atoms with Gasteiger partial charge in [-0.3, -0.25) is 9.69 Å². The second-order valence-electron chi connectivity index (χ2n) is 5.55. The summed E-state index contributed by atoms with van der Waals surface area (Å²) >= 11 is 0. The minimum Gasteiger partial charge on any atom is -0.380 e. The number of benzene rings is 1. The van der Waals surface area contributed by atoms with E-state index in [4.69, 9.17) is 4.74 Å². The van der Waals surface area contributed by atoms with E-state index in [2.05, 4.69) is 28.5 Å². The molecule has 1 aromatic carbocycles. The second kappa shape index (κ2) is 8.12. The lowest BCUT2D eigenvalue weighted by Gasteiger charge is -2.33. The van der Waals surface area contributed by atoms with Crippen molar-refractivity contribution in [3.63, 3.8) is 0 Å². The molecule has 1 amide bonds. The fourth-order valence-corrected chi connectivity index (χ4v) is 2.56. The van der Waals surface area contributed by atoms with E-state index in [0.29, 0.717) is 25.7 Å². The van der Waals surface area contributed by atoms with Crippen LogP contribution in [0.5, 0.6) is 0 Å². The standard InChI is InChI=1S/C16H25N3O2/c1-13-9-17-6-7-19(13)11-16(20)18-10-14-4-3-5-15(8-14)12-21-2/h3-5,8,13,17H,6-7,9-12H2,1-2H3,(H,18,20)/t13-/m0/s1. The highest BCUT2D eigenvalue weighted by atomic mass is 16.5. The van der Waals surface area contributed by atoms with Crippen LogP contribution in [0.1, 0.15) is 18.1 Å². The number of methoxy groups -OCH3 is 1. The summed E-state index contributed by atoms with van der Waals surface area (Å²) in [5.74, 6) is 0.0842. The molecule has 0 aliphatic carbocycles. The van der Waals surface area contributed by atoms with Crippen molar-refractivity contribution < 1.29 is 9.53 Å². The van der Waals surface area contributed by atoms with Gasteiger partial charge in [0.15, 0.2) is 0 Å². The van der Waals surface area contributed by atoms with Gasteiger partial charge in [-0.25, -0.2) is 0 Å². The first-order valence-corrected chi connectivity index (χ1v) is 7.47. The van der Waals surface area contributed by atoms with Gasteiger partial charge in [0.25, 0.3) is 0 Å². The first-order chi connectivity index (χ1) is 10.2. The number of piperazine rings is 1. The van der Waals surface area contributed by atoms with Crippen molar-refractivity contribution in [2.45, 2.75) is 26.1 Å². The number of nitrogens with one attached hydrogen (secondary N) is 2. The van der Waals surface area contributed by atoms with Gasteiger partial charge in [0.05, 0.1) is 13.2 Å². The third-order valence-electron chi connectivity index (χ3n) is 3.78. The van der Waals surface area contributed by atoms with Gasteiger partial charge < -0.3 is 15.4 Å². The van der Waals surface area contributed by atoms with Crippen molar-refractivity contribution >= 4 is 5.91 Å². The largest absolute Gasteiger partial charge is 0.380 e. The topological polar surface area (TPSA) is 53.6 Å². The maximum Gasteiger partial charge on any atom is 0.234 e. The highest BCUT2D eigenvalue weighted by Crippen LogP contribution is 2.06. The number of carbonyl (C=O) groups excluding carboxylic acids is 1. The third kappa shape index (κ3) is 5.12. The first kappa shape index (κ1) is 15.9. The number of hydrogen-bond acceptors (Lipinski definition) is 4. The summed E-state index contributed by atoms with van der Waals surface area (Å²) in [5, 5.41) is 6.32. The lowest BCUT2D eigenvalue weighted by atomic mass is 10.1. The van der Waals surface area contributed by atoms with Gasteiger partial charge >= 0.3 is 0 Å². The Morgan fingerprint density at radius 3 is 3.05 bits per heavy atom. The van der Waals surface area contributed by atoms with E-state index in [9.17, 15) is 4.79 Å². The predicted octanol–water partition coefficient (Wildman–Crippen LogP) is 0.743. The summed E-state index contributed by atoms with van der Waals surface area (Å²) in [6.45, 7) is 6.62. The third-order valence-corrected chi connectivity index (χ3v) is 3.78. The zero-order valence-electron chi connectivity index (χ0n) is 12.9. The smallest absolute Gasteiger partial charge is 0.234 e. The fraction of sp³-hybridized carbons (Fsp3) is 0.562. The molecule has 1 atom stereocenters. The molecule has 2 N–H and O–H groups in total. The minimum atomic E-state index is 0.0842. The zero-order valence-corrected chi connectivity index (χ0v) is 12.9. The van der Waals surface area contributed by atoms with E-state index in [1.165, 1.54) is 0 Å². The summed E-state index contributed by atoms with van der Waals surface area (Å²) in [7, 11) is 1.68. The molecule has 21 heavy (non-hydrogen) atoms. The number of amides is 1. The van der Waals surface area contributed by atoms with Crippen LogP contribution >= 0.6 is 0 Å². The van der Waals surface area contributed by atoms with Crippen molar-refractivity contribution in [1.82, 2.24) is 15.5 Å². The van der Waals surface area contributed by atoms with E-state index >= 15 is 0 Å². The molecule has 1 fully saturated rings. The van der Waals surface area contributed by atoms with Crippen molar-refractivity contribution in [3.8, 4) is 0 Å². The Bertz CT molecular complexity index is 465. The minimum absolute atomic E-state index is 0.0842. The van der Waals surface area contributed by atoms with E-state index in [-0.39, 0.29) is 5.91 Å². The summed E-state index contributed by atoms with van der Waals surface area (Å²) in [5.41, 5.74) is 2.23. The Kier molecular flexibility index (Phi) is 6.17. The second-order valence-corrected chi connectivity index (χ2v) is 5.55. The molecule has 116 valence electrons. The highest BCUT2D eigenvalue weighted by Gasteiger charge is 2.19. The number of ether oxygens (including phenoxy) is 1. The average molecular weight is 291 g/mol. The van der Waals surface area contributed by atoms with Gasteiger partial charge in [-0.05, 0) is 18.1 Å². The van der Waals surface area contributed by atoms with Crippen molar-refractivity contribution in [1.29, 1.82) is 0 Å². The monoisotopic (exact) mass is 291 g/mol. The van der Waals surface area contributed by atoms with Crippen LogP contribution in [-0.4, -0.2) is 50.1 Å². The summed E-state index contributed by atoms with van der Waals surface area (Å²) in [4.78, 5) is 14.3. The Hall–Kier alpha value is -1.43. The number of hydrogen-bond donors (Lipinski definition) is 2. The molecular formula is C16H25N3O2. The van der Waals surface area contributed by atoms with Gasteiger partial charge in [0.2, 0.25) is 5.91 Å². The summed E-state index contributed by atoms with van der Waals surface area (Å²) < 4.78 is 5.12. The fourth-order valence-electron chi connectivity index (χ4n) is 2.56. The Labute approximate surface area is 126 Å². The Morgan fingerprint density at radius 2 is 2.29 bits per heavy atom. The lowest BCUT2D eigenvalue weighted by molar-refractivity contribution is -0.123. The lowest BCUT2D eigenvalue weighted by Crippen LogP contribution is -2.52. The summed E-state index contributed by atoms with van der Waals surface area (Å²) in [6.07, 6.45) is 0. The quantitative estimate of drug-likeness (QED) is 0.812. The molecule has 0 unspecified atom stereocenters. The van der Waals surface area contributed by atoms with Gasteiger partial charge in [0, 0.05) is 39.3 Å². The highest BCUT2D eigenvalue weighted by molar-refractivity contribution is 5.78. The summed E-state index contributed by atoms with van der Waals surface area (Å²) in [6, 6.07) is 8.52. The number of carbonyl (C=O) groups is 1. The molecule has 1 heterocycles. The maximum absolute atomic E-state index is 12.0. The molecule has 0 radical (unpaired) electrons. The van der Waals surface area contributed by atoms with Gasteiger partial charge in [-0.15, -0.1) is 0 Å². The van der Waals surface area contributed by atoms with Crippen LogP contribution in [0.3, 0.4) is 0 Å². The molecule has 1 aliphatic rings. The van der Waals surface area contributed by atoms with Crippen LogP contribution in [0.2, 0.25) is 0 Å². The molecule has 5 heteroatoms. The van der Waals surface area contributed by atoms with Crippen LogP contribution in [0.4, 0.5) is 0 Å². The molecule has 0 spiro atoms. The van der Waals surface area contributed by atoms with Gasteiger partial charge in [-0.2, -0.15) is 0 Å². The van der Waals surface area contributed by atoms with Crippen molar-refractivity contribution in [2.24, 2.45) is 0 Å². The first-order valence-electron chi connectivity index (χ1n) is 7.47. The van der Waals surface area contributed by atoms with E-state index < -0.39 is 0 Å². The Morgan fingerprint density at radius 1 is 1.48 bits per heavy atom. The SMILES string of the molecule is COCc1cccc(CNC(=O)CN2CCNC[C@@H]2C)c1. The number of nitrogens with zero attached hydrogens (tertiary/aromatic N) is 1. The van der Waals surface area contributed by atoms with Gasteiger partial charge in [-0.1, -0.05) is 24.3 Å².